The molecule has 1 fully saturated rings. The second-order valence-corrected chi connectivity index (χ2v) is 7.04. The third-order valence-electron chi connectivity index (χ3n) is 3.35. The molecule has 0 spiro atoms. The van der Waals surface area contributed by atoms with E-state index in [9.17, 15) is 4.79 Å². The van der Waals surface area contributed by atoms with Crippen LogP contribution in [0.25, 0.3) is 0 Å². The number of anilines is 1. The number of carbonyl (C=O) groups is 1. The van der Waals surface area contributed by atoms with Crippen molar-refractivity contribution in [3.8, 4) is 0 Å². The first-order valence-corrected chi connectivity index (χ1v) is 7.76. The molecule has 1 aromatic carbocycles. The molecular formula is C15H22N2OS. The highest BCUT2D eigenvalue weighted by Gasteiger charge is 2.28. The van der Waals surface area contributed by atoms with Gasteiger partial charge in [-0.15, -0.1) is 11.8 Å². The lowest BCUT2D eigenvalue weighted by atomic mass is 10.1. The van der Waals surface area contributed by atoms with Crippen molar-refractivity contribution in [3.63, 3.8) is 0 Å². The monoisotopic (exact) mass is 278 g/mol. The zero-order chi connectivity index (χ0) is 13.8. The van der Waals surface area contributed by atoms with Crippen LogP contribution < -0.4 is 11.1 Å². The van der Waals surface area contributed by atoms with Crippen molar-refractivity contribution in [2.45, 2.75) is 49.3 Å². The van der Waals surface area contributed by atoms with Crippen LogP contribution in [0.2, 0.25) is 0 Å². The van der Waals surface area contributed by atoms with Gasteiger partial charge in [0.2, 0.25) is 5.91 Å². The lowest BCUT2D eigenvalue weighted by Crippen LogP contribution is -2.23. The second kappa shape index (κ2) is 6.44. The van der Waals surface area contributed by atoms with Gasteiger partial charge in [0.05, 0.1) is 5.69 Å². The molecule has 1 saturated carbocycles. The van der Waals surface area contributed by atoms with Gasteiger partial charge in [0, 0.05) is 22.1 Å². The fourth-order valence-electron chi connectivity index (χ4n) is 2.42. The van der Waals surface area contributed by atoms with E-state index >= 15 is 0 Å². The van der Waals surface area contributed by atoms with Gasteiger partial charge in [0.1, 0.15) is 0 Å². The van der Waals surface area contributed by atoms with Gasteiger partial charge in [-0.1, -0.05) is 26.0 Å². The van der Waals surface area contributed by atoms with Crippen LogP contribution in [0.4, 0.5) is 5.69 Å². The summed E-state index contributed by atoms with van der Waals surface area (Å²) < 4.78 is 0. The molecule has 2 unspecified atom stereocenters. The van der Waals surface area contributed by atoms with Crippen LogP contribution >= 0.6 is 11.8 Å². The van der Waals surface area contributed by atoms with E-state index in [-0.39, 0.29) is 17.9 Å². The fraction of sp³-hybridized carbons (Fsp3) is 0.533. The Kier molecular flexibility index (Phi) is 4.88. The molecule has 3 N–H and O–H groups in total. The Balaban J connectivity index is 2.04. The molecule has 0 radical (unpaired) electrons. The van der Waals surface area contributed by atoms with Gasteiger partial charge in [-0.05, 0) is 31.4 Å². The summed E-state index contributed by atoms with van der Waals surface area (Å²) in [6.45, 7) is 4.30. The van der Waals surface area contributed by atoms with Gasteiger partial charge in [0.25, 0.3) is 0 Å². The van der Waals surface area contributed by atoms with E-state index in [2.05, 4.69) is 25.2 Å². The third-order valence-corrected chi connectivity index (χ3v) is 4.43. The minimum absolute atomic E-state index is 0.0760. The van der Waals surface area contributed by atoms with Crippen molar-refractivity contribution >= 4 is 23.4 Å². The van der Waals surface area contributed by atoms with Crippen molar-refractivity contribution in [2.24, 2.45) is 11.7 Å². The van der Waals surface area contributed by atoms with Crippen LogP contribution in [0.15, 0.2) is 29.2 Å². The van der Waals surface area contributed by atoms with Gasteiger partial charge in [-0.2, -0.15) is 0 Å². The number of nitrogens with one attached hydrogen (secondary N) is 1. The topological polar surface area (TPSA) is 55.1 Å². The first kappa shape index (κ1) is 14.4. The molecule has 104 valence electrons. The van der Waals surface area contributed by atoms with Gasteiger partial charge in [-0.25, -0.2) is 0 Å². The summed E-state index contributed by atoms with van der Waals surface area (Å²) in [5.74, 6) is 0.192. The normalized spacial score (nSPS) is 22.7. The fourth-order valence-corrected chi connectivity index (χ4v) is 3.33. The van der Waals surface area contributed by atoms with Crippen molar-refractivity contribution < 1.29 is 4.79 Å². The molecule has 1 amide bonds. The van der Waals surface area contributed by atoms with Crippen LogP contribution in [-0.2, 0) is 4.79 Å². The smallest absolute Gasteiger partial charge is 0.227 e. The lowest BCUT2D eigenvalue weighted by molar-refractivity contribution is -0.119. The molecule has 4 heteroatoms. The molecule has 3 nitrogen and oxygen atoms in total. The Bertz CT molecular complexity index is 448. The molecule has 0 aliphatic heterocycles. The van der Waals surface area contributed by atoms with E-state index in [1.54, 1.807) is 11.8 Å². The zero-order valence-electron chi connectivity index (χ0n) is 11.6. The highest BCUT2D eigenvalue weighted by molar-refractivity contribution is 8.00. The number of benzene rings is 1. The minimum atomic E-state index is 0.0760. The van der Waals surface area contributed by atoms with Gasteiger partial charge in [-0.3, -0.25) is 4.79 Å². The second-order valence-electron chi connectivity index (χ2n) is 5.42. The predicted octanol–water partition coefficient (Wildman–Crippen LogP) is 3.25. The first-order chi connectivity index (χ1) is 9.06. The Labute approximate surface area is 119 Å². The van der Waals surface area contributed by atoms with Gasteiger partial charge < -0.3 is 11.1 Å². The van der Waals surface area contributed by atoms with Crippen LogP contribution in [0.3, 0.4) is 0 Å². The average Bonchev–Trinajstić information content (AvgIpc) is 2.78. The predicted molar refractivity (Wildman–Crippen MR) is 81.4 cm³/mol. The summed E-state index contributed by atoms with van der Waals surface area (Å²) in [6.07, 6.45) is 2.68. The van der Waals surface area contributed by atoms with E-state index in [4.69, 9.17) is 5.73 Å². The Hall–Kier alpha value is -1.00. The molecule has 1 aromatic rings. The summed E-state index contributed by atoms with van der Waals surface area (Å²) in [4.78, 5) is 13.4. The van der Waals surface area contributed by atoms with Crippen LogP contribution in [0.5, 0.6) is 0 Å². The molecule has 1 aliphatic carbocycles. The molecule has 19 heavy (non-hydrogen) atoms. The number of nitrogens with two attached hydrogens (primary N) is 1. The summed E-state index contributed by atoms with van der Waals surface area (Å²) in [5, 5.41) is 3.56. The number of carbonyl (C=O) groups excluding carboxylic acids is 1. The molecule has 0 heterocycles. The van der Waals surface area contributed by atoms with E-state index in [0.29, 0.717) is 5.25 Å². The number of para-hydroxylation sites is 1. The average molecular weight is 278 g/mol. The largest absolute Gasteiger partial charge is 0.328 e. The maximum Gasteiger partial charge on any atom is 0.227 e. The summed E-state index contributed by atoms with van der Waals surface area (Å²) in [7, 11) is 0. The number of hydrogen-bond acceptors (Lipinski definition) is 3. The molecule has 1 aliphatic rings. The standard InChI is InChI=1S/C15H22N2OS/c1-10(2)19-14-6-4-3-5-13(14)17-15(18)11-7-8-12(16)9-11/h3-6,10-12H,7-9,16H2,1-2H3,(H,17,18). The quantitative estimate of drug-likeness (QED) is 0.831. The Morgan fingerprint density at radius 1 is 1.37 bits per heavy atom. The van der Waals surface area contributed by atoms with Crippen molar-refractivity contribution in [1.82, 2.24) is 0 Å². The zero-order valence-corrected chi connectivity index (χ0v) is 12.4. The summed E-state index contributed by atoms with van der Waals surface area (Å²) in [6, 6.07) is 8.18. The highest BCUT2D eigenvalue weighted by atomic mass is 32.2. The van der Waals surface area contributed by atoms with Crippen LogP contribution in [0, 0.1) is 5.92 Å². The van der Waals surface area contributed by atoms with E-state index in [1.165, 1.54) is 0 Å². The van der Waals surface area contributed by atoms with E-state index < -0.39 is 0 Å². The molecular weight excluding hydrogens is 256 g/mol. The maximum absolute atomic E-state index is 12.2. The maximum atomic E-state index is 12.2. The first-order valence-electron chi connectivity index (χ1n) is 6.88. The van der Waals surface area contributed by atoms with Crippen molar-refractivity contribution in [1.29, 1.82) is 0 Å². The molecule has 0 bridgehead atoms. The Morgan fingerprint density at radius 3 is 2.74 bits per heavy atom. The van der Waals surface area contributed by atoms with Crippen LogP contribution in [0.1, 0.15) is 33.1 Å². The summed E-state index contributed by atoms with van der Waals surface area (Å²) in [5.41, 5.74) is 6.79. The minimum Gasteiger partial charge on any atom is -0.328 e. The van der Waals surface area contributed by atoms with Gasteiger partial charge >= 0.3 is 0 Å². The van der Waals surface area contributed by atoms with Crippen molar-refractivity contribution in [3.05, 3.63) is 24.3 Å². The van der Waals surface area contributed by atoms with Gasteiger partial charge in [0.15, 0.2) is 0 Å². The molecule has 0 saturated heterocycles. The number of amides is 1. The lowest BCUT2D eigenvalue weighted by Gasteiger charge is -2.15. The van der Waals surface area contributed by atoms with E-state index in [1.807, 2.05) is 18.2 Å². The molecule has 2 atom stereocenters. The summed E-state index contributed by atoms with van der Waals surface area (Å²) >= 11 is 1.77. The van der Waals surface area contributed by atoms with E-state index in [0.717, 1.165) is 29.8 Å². The highest BCUT2D eigenvalue weighted by Crippen LogP contribution is 2.31. The molecule has 2 rings (SSSR count). The third kappa shape index (κ3) is 3.98. The number of rotatable bonds is 4. The van der Waals surface area contributed by atoms with Crippen molar-refractivity contribution in [2.75, 3.05) is 5.32 Å². The SMILES string of the molecule is CC(C)Sc1ccccc1NC(=O)C1CCC(N)C1. The Morgan fingerprint density at radius 2 is 2.11 bits per heavy atom. The number of hydrogen-bond donors (Lipinski definition) is 2. The molecule has 0 aromatic heterocycles. The number of thioether (sulfide) groups is 1. The van der Waals surface area contributed by atoms with Crippen LogP contribution in [-0.4, -0.2) is 17.2 Å².